The maximum atomic E-state index is 5.92. The maximum absolute atomic E-state index is 5.92. The summed E-state index contributed by atoms with van der Waals surface area (Å²) < 4.78 is 6.73. The van der Waals surface area contributed by atoms with Gasteiger partial charge in [0.25, 0.3) is 0 Å². The van der Waals surface area contributed by atoms with Crippen LogP contribution >= 0.6 is 39.9 Å². The van der Waals surface area contributed by atoms with Gasteiger partial charge in [-0.1, -0.05) is 11.6 Å². The van der Waals surface area contributed by atoms with Crippen LogP contribution in [0.1, 0.15) is 19.3 Å². The molecule has 1 aliphatic rings. The van der Waals surface area contributed by atoms with Gasteiger partial charge in [0.05, 0.1) is 4.47 Å². The van der Waals surface area contributed by atoms with E-state index in [-0.39, 0.29) is 12.4 Å². The average Bonchev–Trinajstić information content (AvgIpc) is 2.70. The largest absolute Gasteiger partial charge is 0.491 e. The van der Waals surface area contributed by atoms with Crippen molar-refractivity contribution in [3.63, 3.8) is 0 Å². The SMILES string of the molecule is CN(CCOc1ccc(Cl)cc1Br)C1CCCNCC1.Cl. The van der Waals surface area contributed by atoms with Crippen molar-refractivity contribution in [3.05, 3.63) is 27.7 Å². The van der Waals surface area contributed by atoms with E-state index in [0.29, 0.717) is 17.7 Å². The number of benzene rings is 1. The number of halogens is 3. The van der Waals surface area contributed by atoms with Gasteiger partial charge in [-0.2, -0.15) is 0 Å². The van der Waals surface area contributed by atoms with Crippen LogP contribution in [-0.4, -0.2) is 44.2 Å². The standard InChI is InChI=1S/C15H22BrClN2O.ClH/c1-19(13-3-2-7-18-8-6-13)9-10-20-15-5-4-12(17)11-14(15)16;/h4-5,11,13,18H,2-3,6-10H2,1H3;1H. The van der Waals surface area contributed by atoms with Gasteiger partial charge >= 0.3 is 0 Å². The molecule has 0 saturated carbocycles. The molecule has 0 amide bonds. The zero-order valence-corrected chi connectivity index (χ0v) is 15.4. The molecular formula is C15H23BrCl2N2O. The molecule has 0 aliphatic carbocycles. The van der Waals surface area contributed by atoms with E-state index in [1.807, 2.05) is 18.2 Å². The normalized spacial score (nSPS) is 19.0. The molecule has 1 atom stereocenters. The van der Waals surface area contributed by atoms with E-state index < -0.39 is 0 Å². The van der Waals surface area contributed by atoms with Gasteiger partial charge in [-0.25, -0.2) is 0 Å². The predicted octanol–water partition coefficient (Wildman–Crippen LogP) is 3.98. The van der Waals surface area contributed by atoms with Crippen molar-refractivity contribution in [1.82, 2.24) is 10.2 Å². The third kappa shape index (κ3) is 6.33. The highest BCUT2D eigenvalue weighted by Crippen LogP contribution is 2.27. The fourth-order valence-corrected chi connectivity index (χ4v) is 3.31. The Hall–Kier alpha value is -0.000000000000000111. The first kappa shape index (κ1) is 19.0. The van der Waals surface area contributed by atoms with E-state index >= 15 is 0 Å². The smallest absolute Gasteiger partial charge is 0.133 e. The highest BCUT2D eigenvalue weighted by molar-refractivity contribution is 9.10. The number of nitrogens with zero attached hydrogens (tertiary/aromatic N) is 1. The van der Waals surface area contributed by atoms with Crippen LogP contribution in [0, 0.1) is 0 Å². The van der Waals surface area contributed by atoms with Crippen LogP contribution in [0.3, 0.4) is 0 Å². The van der Waals surface area contributed by atoms with E-state index in [0.717, 1.165) is 29.9 Å². The minimum Gasteiger partial charge on any atom is -0.491 e. The molecule has 0 radical (unpaired) electrons. The summed E-state index contributed by atoms with van der Waals surface area (Å²) in [6, 6.07) is 6.28. The molecule has 1 unspecified atom stereocenters. The van der Waals surface area contributed by atoms with Crippen molar-refractivity contribution in [2.24, 2.45) is 0 Å². The van der Waals surface area contributed by atoms with E-state index in [2.05, 4.69) is 33.2 Å². The Balaban J connectivity index is 0.00000220. The zero-order chi connectivity index (χ0) is 14.4. The molecule has 120 valence electrons. The number of nitrogens with one attached hydrogen (secondary N) is 1. The van der Waals surface area contributed by atoms with Crippen LogP contribution in [0.2, 0.25) is 5.02 Å². The summed E-state index contributed by atoms with van der Waals surface area (Å²) in [4.78, 5) is 2.41. The summed E-state index contributed by atoms with van der Waals surface area (Å²) in [6.07, 6.45) is 3.76. The molecule has 1 aliphatic heterocycles. The molecule has 1 aromatic carbocycles. The highest BCUT2D eigenvalue weighted by Gasteiger charge is 2.16. The van der Waals surface area contributed by atoms with Crippen molar-refractivity contribution in [3.8, 4) is 5.75 Å². The lowest BCUT2D eigenvalue weighted by atomic mass is 10.1. The first-order valence-electron chi connectivity index (χ1n) is 7.15. The predicted molar refractivity (Wildman–Crippen MR) is 95.0 cm³/mol. The summed E-state index contributed by atoms with van der Waals surface area (Å²) in [6.45, 7) is 3.91. The molecule has 0 bridgehead atoms. The molecule has 0 spiro atoms. The second kappa shape index (κ2) is 9.90. The molecule has 3 nitrogen and oxygen atoms in total. The van der Waals surface area contributed by atoms with Gasteiger partial charge in [0.2, 0.25) is 0 Å². The lowest BCUT2D eigenvalue weighted by Gasteiger charge is -2.26. The quantitative estimate of drug-likeness (QED) is 0.813. The van der Waals surface area contributed by atoms with Gasteiger partial charge in [0.15, 0.2) is 0 Å². The van der Waals surface area contributed by atoms with Crippen molar-refractivity contribution in [2.45, 2.75) is 25.3 Å². The number of likely N-dealkylation sites (N-methyl/N-ethyl adjacent to an activating group) is 1. The lowest BCUT2D eigenvalue weighted by molar-refractivity contribution is 0.180. The molecule has 1 fully saturated rings. The monoisotopic (exact) mass is 396 g/mol. The van der Waals surface area contributed by atoms with Gasteiger partial charge in [0.1, 0.15) is 12.4 Å². The van der Waals surface area contributed by atoms with E-state index in [1.165, 1.54) is 19.3 Å². The summed E-state index contributed by atoms with van der Waals surface area (Å²) in [5, 5.41) is 4.17. The van der Waals surface area contributed by atoms with Crippen molar-refractivity contribution in [1.29, 1.82) is 0 Å². The molecule has 1 saturated heterocycles. The summed E-state index contributed by atoms with van der Waals surface area (Å²) in [5.74, 6) is 0.852. The fourth-order valence-electron chi connectivity index (χ4n) is 2.52. The molecule has 1 N–H and O–H groups in total. The molecule has 21 heavy (non-hydrogen) atoms. The Morgan fingerprint density at radius 3 is 2.95 bits per heavy atom. The Morgan fingerprint density at radius 1 is 1.38 bits per heavy atom. The molecule has 1 aromatic rings. The minimum absolute atomic E-state index is 0. The van der Waals surface area contributed by atoms with Crippen LogP contribution in [0.5, 0.6) is 5.75 Å². The Labute approximate surface area is 146 Å². The van der Waals surface area contributed by atoms with E-state index in [9.17, 15) is 0 Å². The van der Waals surface area contributed by atoms with Gasteiger partial charge in [-0.3, -0.25) is 4.90 Å². The fraction of sp³-hybridized carbons (Fsp3) is 0.600. The summed E-state index contributed by atoms with van der Waals surface area (Å²) >= 11 is 9.39. The Kier molecular flexibility index (Phi) is 8.98. The number of hydrogen-bond donors (Lipinski definition) is 1. The van der Waals surface area contributed by atoms with Crippen molar-refractivity contribution in [2.75, 3.05) is 33.3 Å². The van der Waals surface area contributed by atoms with Gasteiger partial charge in [-0.05, 0) is 73.5 Å². The van der Waals surface area contributed by atoms with E-state index in [1.54, 1.807) is 0 Å². The summed E-state index contributed by atoms with van der Waals surface area (Å²) in [5.41, 5.74) is 0. The first-order chi connectivity index (χ1) is 9.66. The second-order valence-corrected chi connectivity index (χ2v) is 6.53. The first-order valence-corrected chi connectivity index (χ1v) is 8.33. The number of rotatable bonds is 5. The van der Waals surface area contributed by atoms with Crippen LogP contribution in [-0.2, 0) is 0 Å². The second-order valence-electron chi connectivity index (χ2n) is 5.24. The van der Waals surface area contributed by atoms with Crippen LogP contribution in [0.15, 0.2) is 22.7 Å². The topological polar surface area (TPSA) is 24.5 Å². The van der Waals surface area contributed by atoms with Crippen molar-refractivity contribution < 1.29 is 4.74 Å². The Bertz CT molecular complexity index is 426. The molecule has 0 aromatic heterocycles. The average molecular weight is 398 g/mol. The van der Waals surface area contributed by atoms with Crippen LogP contribution < -0.4 is 10.1 Å². The van der Waals surface area contributed by atoms with Gasteiger partial charge in [0, 0.05) is 17.6 Å². The third-order valence-corrected chi connectivity index (χ3v) is 4.62. The zero-order valence-electron chi connectivity index (χ0n) is 12.3. The Morgan fingerprint density at radius 2 is 2.19 bits per heavy atom. The minimum atomic E-state index is 0. The van der Waals surface area contributed by atoms with Gasteiger partial charge in [-0.15, -0.1) is 12.4 Å². The van der Waals surface area contributed by atoms with Gasteiger partial charge < -0.3 is 10.1 Å². The summed E-state index contributed by atoms with van der Waals surface area (Å²) in [7, 11) is 2.19. The lowest BCUT2D eigenvalue weighted by Crippen LogP contribution is -2.35. The number of hydrogen-bond acceptors (Lipinski definition) is 3. The highest BCUT2D eigenvalue weighted by atomic mass is 79.9. The molecule has 2 rings (SSSR count). The molecular weight excluding hydrogens is 375 g/mol. The third-order valence-electron chi connectivity index (χ3n) is 3.76. The van der Waals surface area contributed by atoms with Crippen molar-refractivity contribution >= 4 is 39.9 Å². The van der Waals surface area contributed by atoms with Crippen LogP contribution in [0.4, 0.5) is 0 Å². The van der Waals surface area contributed by atoms with Crippen LogP contribution in [0.25, 0.3) is 0 Å². The maximum Gasteiger partial charge on any atom is 0.133 e. The molecule has 6 heteroatoms. The molecule has 1 heterocycles. The van der Waals surface area contributed by atoms with E-state index in [4.69, 9.17) is 16.3 Å². The number of ether oxygens (including phenoxy) is 1.